The number of anilines is 1. The van der Waals surface area contributed by atoms with Gasteiger partial charge < -0.3 is 16.0 Å². The lowest BCUT2D eigenvalue weighted by Gasteiger charge is -2.33. The number of pyridine rings is 1. The summed E-state index contributed by atoms with van der Waals surface area (Å²) in [5.41, 5.74) is 6.60. The minimum absolute atomic E-state index is 0.521. The number of piperazine rings is 1. The lowest BCUT2D eigenvalue weighted by Crippen LogP contribution is -2.51. The third-order valence-corrected chi connectivity index (χ3v) is 3.54. The predicted molar refractivity (Wildman–Crippen MR) is 64.3 cm³/mol. The van der Waals surface area contributed by atoms with Crippen molar-refractivity contribution in [2.45, 2.75) is 31.5 Å². The average molecular weight is 218 g/mol. The van der Waals surface area contributed by atoms with Gasteiger partial charge in [-0.1, -0.05) is 6.07 Å². The number of nitrogens with two attached hydrogens (primary N) is 1. The number of aromatic nitrogens is 1. The van der Waals surface area contributed by atoms with Crippen LogP contribution in [0, 0.1) is 0 Å². The van der Waals surface area contributed by atoms with Gasteiger partial charge in [-0.25, -0.2) is 4.98 Å². The summed E-state index contributed by atoms with van der Waals surface area (Å²) in [6.07, 6.45) is 2.61. The van der Waals surface area contributed by atoms with E-state index in [1.165, 1.54) is 12.8 Å². The SMILES string of the molecule is NCc1cccc(N2CC3CC[C@H](C2)N3)n1. The molecular weight excluding hydrogens is 200 g/mol. The van der Waals surface area contributed by atoms with Gasteiger partial charge in [0.2, 0.25) is 0 Å². The molecule has 2 bridgehead atoms. The summed E-state index contributed by atoms with van der Waals surface area (Å²) in [5, 5.41) is 3.62. The summed E-state index contributed by atoms with van der Waals surface area (Å²) in [4.78, 5) is 6.97. The van der Waals surface area contributed by atoms with Crippen LogP contribution in [0.5, 0.6) is 0 Å². The van der Waals surface area contributed by atoms with Crippen molar-refractivity contribution in [1.29, 1.82) is 0 Å². The van der Waals surface area contributed by atoms with E-state index in [-0.39, 0.29) is 0 Å². The molecule has 2 saturated heterocycles. The third kappa shape index (κ3) is 1.79. The molecule has 2 aliphatic heterocycles. The van der Waals surface area contributed by atoms with E-state index in [9.17, 15) is 0 Å². The topological polar surface area (TPSA) is 54.2 Å². The van der Waals surface area contributed by atoms with Crippen LogP contribution in [-0.4, -0.2) is 30.2 Å². The Morgan fingerprint density at radius 1 is 1.31 bits per heavy atom. The quantitative estimate of drug-likeness (QED) is 0.758. The molecule has 3 rings (SSSR count). The van der Waals surface area contributed by atoms with Crippen molar-refractivity contribution >= 4 is 5.82 Å². The Labute approximate surface area is 95.8 Å². The fourth-order valence-electron chi connectivity index (χ4n) is 2.74. The Morgan fingerprint density at radius 2 is 2.06 bits per heavy atom. The zero-order valence-corrected chi connectivity index (χ0v) is 9.39. The lowest BCUT2D eigenvalue weighted by atomic mass is 10.2. The number of hydrogen-bond acceptors (Lipinski definition) is 4. The predicted octanol–water partition coefficient (Wildman–Crippen LogP) is 0.481. The first kappa shape index (κ1) is 10.1. The van der Waals surface area contributed by atoms with Gasteiger partial charge in [-0.3, -0.25) is 0 Å². The van der Waals surface area contributed by atoms with Crippen LogP contribution in [0.25, 0.3) is 0 Å². The molecule has 0 saturated carbocycles. The molecule has 16 heavy (non-hydrogen) atoms. The van der Waals surface area contributed by atoms with Crippen LogP contribution in [0.15, 0.2) is 18.2 Å². The smallest absolute Gasteiger partial charge is 0.128 e. The van der Waals surface area contributed by atoms with Crippen LogP contribution in [0.3, 0.4) is 0 Å². The van der Waals surface area contributed by atoms with E-state index in [2.05, 4.69) is 27.3 Å². The molecule has 0 amide bonds. The van der Waals surface area contributed by atoms with E-state index in [1.807, 2.05) is 6.07 Å². The van der Waals surface area contributed by atoms with Gasteiger partial charge >= 0.3 is 0 Å². The molecule has 3 N–H and O–H groups in total. The standard InChI is InChI=1S/C12H18N4/c13-6-9-2-1-3-12(15-9)16-7-10-4-5-11(8-16)14-10/h1-3,10-11,14H,4-8,13H2/t10-,11?/m1/s1. The lowest BCUT2D eigenvalue weighted by molar-refractivity contribution is 0.463. The van der Waals surface area contributed by atoms with Crippen LogP contribution >= 0.6 is 0 Å². The first-order valence-corrected chi connectivity index (χ1v) is 6.02. The van der Waals surface area contributed by atoms with Crippen molar-refractivity contribution < 1.29 is 0 Å². The molecule has 4 nitrogen and oxygen atoms in total. The Balaban J connectivity index is 1.81. The van der Waals surface area contributed by atoms with E-state index in [4.69, 9.17) is 5.73 Å². The molecular formula is C12H18N4. The summed E-state index contributed by atoms with van der Waals surface area (Å²) in [6.45, 7) is 2.68. The van der Waals surface area contributed by atoms with Crippen molar-refractivity contribution in [2.24, 2.45) is 5.73 Å². The normalized spacial score (nSPS) is 28.4. The Kier molecular flexibility index (Phi) is 2.53. The van der Waals surface area contributed by atoms with Crippen molar-refractivity contribution in [3.05, 3.63) is 23.9 Å². The van der Waals surface area contributed by atoms with Gasteiger partial charge in [-0.15, -0.1) is 0 Å². The van der Waals surface area contributed by atoms with Gasteiger partial charge in [0, 0.05) is 31.7 Å². The van der Waals surface area contributed by atoms with Crippen LogP contribution < -0.4 is 16.0 Å². The molecule has 86 valence electrons. The highest BCUT2D eigenvalue weighted by Gasteiger charge is 2.32. The molecule has 4 heteroatoms. The molecule has 0 aromatic carbocycles. The number of hydrogen-bond donors (Lipinski definition) is 2. The highest BCUT2D eigenvalue weighted by molar-refractivity contribution is 5.41. The minimum Gasteiger partial charge on any atom is -0.353 e. The van der Waals surface area contributed by atoms with Crippen molar-refractivity contribution in [2.75, 3.05) is 18.0 Å². The van der Waals surface area contributed by atoms with Crippen molar-refractivity contribution in [3.63, 3.8) is 0 Å². The first-order valence-electron chi connectivity index (χ1n) is 6.02. The second kappa shape index (κ2) is 4.03. The van der Waals surface area contributed by atoms with E-state index < -0.39 is 0 Å². The van der Waals surface area contributed by atoms with Crippen LogP contribution in [0.1, 0.15) is 18.5 Å². The van der Waals surface area contributed by atoms with Crippen LogP contribution in [-0.2, 0) is 6.54 Å². The van der Waals surface area contributed by atoms with E-state index in [1.54, 1.807) is 0 Å². The number of nitrogens with zero attached hydrogens (tertiary/aromatic N) is 2. The van der Waals surface area contributed by atoms with E-state index in [0.29, 0.717) is 18.6 Å². The van der Waals surface area contributed by atoms with Gasteiger partial charge in [-0.05, 0) is 25.0 Å². The molecule has 1 aromatic rings. The number of fused-ring (bicyclic) bond motifs is 2. The Morgan fingerprint density at radius 3 is 2.75 bits per heavy atom. The first-order chi connectivity index (χ1) is 7.85. The maximum absolute atomic E-state index is 5.62. The zero-order chi connectivity index (χ0) is 11.0. The fraction of sp³-hybridized carbons (Fsp3) is 0.583. The Hall–Kier alpha value is -1.13. The molecule has 1 aromatic heterocycles. The van der Waals surface area contributed by atoms with Crippen LogP contribution in [0.2, 0.25) is 0 Å². The van der Waals surface area contributed by atoms with Gasteiger partial charge in [-0.2, -0.15) is 0 Å². The molecule has 2 fully saturated rings. The van der Waals surface area contributed by atoms with Gasteiger partial charge in [0.25, 0.3) is 0 Å². The number of nitrogens with one attached hydrogen (secondary N) is 1. The second-order valence-corrected chi connectivity index (χ2v) is 4.73. The third-order valence-electron chi connectivity index (χ3n) is 3.54. The summed E-state index contributed by atoms with van der Waals surface area (Å²) < 4.78 is 0. The van der Waals surface area contributed by atoms with E-state index >= 15 is 0 Å². The molecule has 0 aliphatic carbocycles. The zero-order valence-electron chi connectivity index (χ0n) is 9.39. The highest BCUT2D eigenvalue weighted by atomic mass is 15.3. The molecule has 0 radical (unpaired) electrons. The summed E-state index contributed by atoms with van der Waals surface area (Å²) >= 11 is 0. The summed E-state index contributed by atoms with van der Waals surface area (Å²) in [7, 11) is 0. The van der Waals surface area contributed by atoms with Gasteiger partial charge in [0.1, 0.15) is 5.82 Å². The average Bonchev–Trinajstić information content (AvgIpc) is 2.68. The maximum Gasteiger partial charge on any atom is 0.128 e. The maximum atomic E-state index is 5.62. The number of rotatable bonds is 2. The fourth-order valence-corrected chi connectivity index (χ4v) is 2.74. The monoisotopic (exact) mass is 218 g/mol. The summed E-state index contributed by atoms with van der Waals surface area (Å²) in [6, 6.07) is 7.43. The molecule has 1 unspecified atom stereocenters. The Bertz CT molecular complexity index is 367. The minimum atomic E-state index is 0.521. The largest absolute Gasteiger partial charge is 0.353 e. The second-order valence-electron chi connectivity index (χ2n) is 4.73. The van der Waals surface area contributed by atoms with Gasteiger partial charge in [0.05, 0.1) is 5.69 Å². The van der Waals surface area contributed by atoms with Crippen molar-refractivity contribution in [3.8, 4) is 0 Å². The van der Waals surface area contributed by atoms with E-state index in [0.717, 1.165) is 24.6 Å². The van der Waals surface area contributed by atoms with Crippen molar-refractivity contribution in [1.82, 2.24) is 10.3 Å². The molecule has 0 spiro atoms. The molecule has 2 atom stereocenters. The van der Waals surface area contributed by atoms with Gasteiger partial charge in [0.15, 0.2) is 0 Å². The molecule has 2 aliphatic rings. The highest BCUT2D eigenvalue weighted by Crippen LogP contribution is 2.23. The molecule has 3 heterocycles. The summed E-state index contributed by atoms with van der Waals surface area (Å²) in [5.74, 6) is 1.08. The van der Waals surface area contributed by atoms with Crippen LogP contribution in [0.4, 0.5) is 5.82 Å².